The largest absolute Gasteiger partial charge is 0.385 e. The van der Waals surface area contributed by atoms with Crippen molar-refractivity contribution in [2.45, 2.75) is 12.5 Å². The molecule has 0 fully saturated rings. The Morgan fingerprint density at radius 1 is 1.18 bits per heavy atom. The molecular weight excluding hydrogens is 212 g/mol. The number of nitrogens with zero attached hydrogens (tertiary/aromatic N) is 2. The van der Waals surface area contributed by atoms with Gasteiger partial charge in [0.2, 0.25) is 0 Å². The van der Waals surface area contributed by atoms with Gasteiger partial charge in [0.1, 0.15) is 0 Å². The van der Waals surface area contributed by atoms with Crippen molar-refractivity contribution in [2.24, 2.45) is 5.16 Å². The summed E-state index contributed by atoms with van der Waals surface area (Å²) in [4.78, 5) is 9.71. The van der Waals surface area contributed by atoms with Crippen LogP contribution in [0.5, 0.6) is 0 Å². The summed E-state index contributed by atoms with van der Waals surface area (Å²) < 4.78 is 0. The van der Waals surface area contributed by atoms with E-state index in [9.17, 15) is 0 Å². The molecule has 0 aliphatic carbocycles. The Balaban J connectivity index is 1.78. The number of aromatic nitrogens is 1. The van der Waals surface area contributed by atoms with Gasteiger partial charge in [-0.25, -0.2) is 0 Å². The summed E-state index contributed by atoms with van der Waals surface area (Å²) in [5.74, 6) is 0. The lowest BCUT2D eigenvalue weighted by molar-refractivity contribution is 0.0826. The van der Waals surface area contributed by atoms with Crippen molar-refractivity contribution in [1.29, 1.82) is 0 Å². The fraction of sp³-hybridized carbons (Fsp3) is 0.143. The molecule has 2 heterocycles. The van der Waals surface area contributed by atoms with Gasteiger partial charge < -0.3 is 4.84 Å². The first-order valence-electron chi connectivity index (χ1n) is 5.53. The lowest BCUT2D eigenvalue weighted by Crippen LogP contribution is -2.02. The molecule has 1 aliphatic heterocycles. The Bertz CT molecular complexity index is 522. The second-order valence-electron chi connectivity index (χ2n) is 3.88. The minimum absolute atomic E-state index is 0.0598. The summed E-state index contributed by atoms with van der Waals surface area (Å²) in [6.45, 7) is 0. The molecular formula is C14H11N2O. The van der Waals surface area contributed by atoms with Crippen LogP contribution in [0, 0.1) is 6.07 Å². The smallest absolute Gasteiger partial charge is 0.174 e. The summed E-state index contributed by atoms with van der Waals surface area (Å²) in [5, 5.41) is 4.13. The van der Waals surface area contributed by atoms with Crippen LogP contribution in [-0.2, 0) is 4.84 Å². The van der Waals surface area contributed by atoms with Gasteiger partial charge in [-0.3, -0.25) is 4.98 Å². The molecule has 3 nitrogen and oxygen atoms in total. The maximum atomic E-state index is 5.42. The predicted octanol–water partition coefficient (Wildman–Crippen LogP) is 2.75. The van der Waals surface area contributed by atoms with Crippen LogP contribution in [0.3, 0.4) is 0 Å². The van der Waals surface area contributed by atoms with E-state index in [0.717, 1.165) is 23.4 Å². The second-order valence-corrected chi connectivity index (χ2v) is 3.88. The Hall–Kier alpha value is -2.16. The molecule has 3 heteroatoms. The number of oxime groups is 1. The first-order valence-corrected chi connectivity index (χ1v) is 5.53. The van der Waals surface area contributed by atoms with Gasteiger partial charge in [0.05, 0.1) is 11.4 Å². The second kappa shape index (κ2) is 4.37. The molecule has 1 radical (unpaired) electrons. The molecule has 0 amide bonds. The zero-order valence-corrected chi connectivity index (χ0v) is 9.21. The van der Waals surface area contributed by atoms with E-state index in [0.29, 0.717) is 0 Å². The van der Waals surface area contributed by atoms with E-state index in [2.05, 4.69) is 16.2 Å². The maximum absolute atomic E-state index is 5.42. The van der Waals surface area contributed by atoms with Crippen molar-refractivity contribution in [3.63, 3.8) is 0 Å². The van der Waals surface area contributed by atoms with Crippen LogP contribution >= 0.6 is 0 Å². The summed E-state index contributed by atoms with van der Waals surface area (Å²) in [7, 11) is 0. The normalized spacial score (nSPS) is 18.6. The molecule has 0 N–H and O–H groups in total. The highest BCUT2D eigenvalue weighted by Crippen LogP contribution is 2.27. The van der Waals surface area contributed by atoms with E-state index < -0.39 is 0 Å². The zero-order chi connectivity index (χ0) is 11.5. The molecule has 0 saturated carbocycles. The van der Waals surface area contributed by atoms with Crippen LogP contribution in [0.25, 0.3) is 0 Å². The van der Waals surface area contributed by atoms with Crippen LogP contribution in [0.2, 0.25) is 0 Å². The van der Waals surface area contributed by atoms with Crippen LogP contribution in [0.1, 0.15) is 23.8 Å². The molecule has 17 heavy (non-hydrogen) atoms. The Morgan fingerprint density at radius 3 is 2.82 bits per heavy atom. The van der Waals surface area contributed by atoms with Crippen molar-refractivity contribution in [2.75, 3.05) is 0 Å². The number of benzene rings is 1. The zero-order valence-electron chi connectivity index (χ0n) is 9.21. The third kappa shape index (κ3) is 2.04. The quantitative estimate of drug-likeness (QED) is 0.784. The minimum atomic E-state index is -0.0598. The molecule has 0 saturated heterocycles. The highest BCUT2D eigenvalue weighted by molar-refractivity contribution is 6.01. The van der Waals surface area contributed by atoms with Crippen molar-refractivity contribution in [3.05, 3.63) is 66.0 Å². The maximum Gasteiger partial charge on any atom is 0.174 e. The standard InChI is InChI=1S/C14H11N2O/c1-2-6-11(7-3-1)13-10-14(17-16-13)12-8-4-5-9-15-12/h2-9,14H,10H2. The van der Waals surface area contributed by atoms with Gasteiger partial charge in [0.15, 0.2) is 6.10 Å². The molecule has 83 valence electrons. The molecule has 2 aromatic rings. The van der Waals surface area contributed by atoms with Crippen molar-refractivity contribution in [1.82, 2.24) is 4.98 Å². The molecule has 0 bridgehead atoms. The monoisotopic (exact) mass is 223 g/mol. The average molecular weight is 223 g/mol. The van der Waals surface area contributed by atoms with Crippen LogP contribution < -0.4 is 0 Å². The van der Waals surface area contributed by atoms with Crippen LogP contribution in [0.15, 0.2) is 53.8 Å². The third-order valence-electron chi connectivity index (χ3n) is 2.74. The SMILES string of the molecule is [c]1ccc(C2=NOC(c3ccccn3)C2)cc1. The van der Waals surface area contributed by atoms with Crippen LogP contribution in [-0.4, -0.2) is 10.7 Å². The number of rotatable bonds is 2. The Morgan fingerprint density at radius 2 is 2.06 bits per heavy atom. The van der Waals surface area contributed by atoms with Gasteiger partial charge in [-0.2, -0.15) is 0 Å². The number of hydrogen-bond donors (Lipinski definition) is 0. The topological polar surface area (TPSA) is 34.5 Å². The van der Waals surface area contributed by atoms with Gasteiger partial charge in [0.25, 0.3) is 0 Å². The molecule has 1 atom stereocenters. The van der Waals surface area contributed by atoms with E-state index in [1.165, 1.54) is 0 Å². The summed E-state index contributed by atoms with van der Waals surface area (Å²) >= 11 is 0. The molecule has 3 rings (SSSR count). The highest BCUT2D eigenvalue weighted by atomic mass is 16.6. The molecule has 1 aromatic heterocycles. The van der Waals surface area contributed by atoms with E-state index >= 15 is 0 Å². The summed E-state index contributed by atoms with van der Waals surface area (Å²) in [6.07, 6.45) is 2.48. The third-order valence-corrected chi connectivity index (χ3v) is 2.74. The van der Waals surface area contributed by atoms with E-state index in [-0.39, 0.29) is 6.10 Å². The van der Waals surface area contributed by atoms with Gasteiger partial charge >= 0.3 is 0 Å². The number of hydrogen-bond acceptors (Lipinski definition) is 3. The summed E-state index contributed by atoms with van der Waals surface area (Å²) in [6, 6.07) is 16.5. The van der Waals surface area contributed by atoms with E-state index in [4.69, 9.17) is 4.84 Å². The van der Waals surface area contributed by atoms with Crippen LogP contribution in [0.4, 0.5) is 0 Å². The molecule has 1 unspecified atom stereocenters. The fourth-order valence-electron chi connectivity index (χ4n) is 1.85. The summed E-state index contributed by atoms with van der Waals surface area (Å²) in [5.41, 5.74) is 2.98. The molecule has 0 spiro atoms. The van der Waals surface area contributed by atoms with Gasteiger partial charge in [0, 0.05) is 12.6 Å². The van der Waals surface area contributed by atoms with Crippen molar-refractivity contribution < 1.29 is 4.84 Å². The van der Waals surface area contributed by atoms with E-state index in [1.807, 2.05) is 42.5 Å². The first kappa shape index (κ1) is 10.0. The average Bonchev–Trinajstić information content (AvgIpc) is 2.90. The molecule has 1 aliphatic rings. The van der Waals surface area contributed by atoms with Gasteiger partial charge in [-0.1, -0.05) is 35.5 Å². The lowest BCUT2D eigenvalue weighted by atomic mass is 10.0. The van der Waals surface area contributed by atoms with Gasteiger partial charge in [-0.05, 0) is 23.8 Å². The first-order chi connectivity index (χ1) is 8.43. The Labute approximate surface area is 99.8 Å². The van der Waals surface area contributed by atoms with Gasteiger partial charge in [-0.15, -0.1) is 0 Å². The van der Waals surface area contributed by atoms with Crippen molar-refractivity contribution in [3.8, 4) is 0 Å². The van der Waals surface area contributed by atoms with E-state index in [1.54, 1.807) is 6.20 Å². The highest BCUT2D eigenvalue weighted by Gasteiger charge is 2.24. The van der Waals surface area contributed by atoms with Crippen molar-refractivity contribution >= 4 is 5.71 Å². The minimum Gasteiger partial charge on any atom is -0.385 e. The number of pyridine rings is 1. The lowest BCUT2D eigenvalue weighted by Gasteiger charge is -2.06. The predicted molar refractivity (Wildman–Crippen MR) is 64.5 cm³/mol. The molecule has 1 aromatic carbocycles. The Kier molecular flexibility index (Phi) is 2.58. The fourth-order valence-corrected chi connectivity index (χ4v) is 1.85.